The molecule has 2 aromatic rings. The number of pyridine rings is 1. The van der Waals surface area contributed by atoms with Crippen LogP contribution in [0.1, 0.15) is 5.56 Å². The standard InChI is InChI=1S/C9H8N4/c1-11-8-6-13-5-7(4-10)2-3-9(13)12-8/h2-3,5-6,11H,1H3. The predicted octanol–water partition coefficient (Wildman–Crippen LogP) is 1.25. The van der Waals surface area contributed by atoms with E-state index in [-0.39, 0.29) is 0 Å². The van der Waals surface area contributed by atoms with Crippen LogP contribution < -0.4 is 5.32 Å². The first-order chi connectivity index (χ1) is 6.33. The number of hydrogen-bond acceptors (Lipinski definition) is 3. The molecular formula is C9H8N4. The van der Waals surface area contributed by atoms with Crippen LogP contribution in [-0.2, 0) is 0 Å². The first kappa shape index (κ1) is 7.62. The van der Waals surface area contributed by atoms with E-state index in [0.717, 1.165) is 11.5 Å². The molecule has 0 spiro atoms. The van der Waals surface area contributed by atoms with Crippen molar-refractivity contribution in [3.63, 3.8) is 0 Å². The number of hydrogen-bond donors (Lipinski definition) is 1. The maximum absolute atomic E-state index is 8.66. The maximum Gasteiger partial charge on any atom is 0.145 e. The number of aromatic nitrogens is 2. The van der Waals surface area contributed by atoms with Gasteiger partial charge < -0.3 is 9.72 Å². The van der Waals surface area contributed by atoms with E-state index in [9.17, 15) is 0 Å². The average molecular weight is 172 g/mol. The molecule has 0 radical (unpaired) electrons. The van der Waals surface area contributed by atoms with Gasteiger partial charge in [-0.3, -0.25) is 0 Å². The lowest BCUT2D eigenvalue weighted by Crippen LogP contribution is -1.85. The molecular weight excluding hydrogens is 164 g/mol. The summed E-state index contributed by atoms with van der Waals surface area (Å²) in [5.41, 5.74) is 1.47. The van der Waals surface area contributed by atoms with Crippen molar-refractivity contribution in [2.45, 2.75) is 0 Å². The summed E-state index contributed by atoms with van der Waals surface area (Å²) in [7, 11) is 1.81. The van der Waals surface area contributed by atoms with Crippen LogP contribution in [-0.4, -0.2) is 16.4 Å². The van der Waals surface area contributed by atoms with Gasteiger partial charge in [-0.05, 0) is 12.1 Å². The number of nitrogens with zero attached hydrogens (tertiary/aromatic N) is 3. The van der Waals surface area contributed by atoms with Gasteiger partial charge in [0.2, 0.25) is 0 Å². The molecule has 1 N–H and O–H groups in total. The summed E-state index contributed by atoms with van der Waals surface area (Å²) in [6.45, 7) is 0. The molecule has 4 heteroatoms. The van der Waals surface area contributed by atoms with Gasteiger partial charge in [0.15, 0.2) is 0 Å². The monoisotopic (exact) mass is 172 g/mol. The van der Waals surface area contributed by atoms with E-state index in [1.165, 1.54) is 0 Å². The Hall–Kier alpha value is -2.02. The van der Waals surface area contributed by atoms with Crippen molar-refractivity contribution in [3.05, 3.63) is 30.1 Å². The van der Waals surface area contributed by atoms with Crippen LogP contribution in [0.15, 0.2) is 24.5 Å². The largest absolute Gasteiger partial charge is 0.372 e. The van der Waals surface area contributed by atoms with Crippen molar-refractivity contribution in [2.24, 2.45) is 0 Å². The van der Waals surface area contributed by atoms with Crippen molar-refractivity contribution in [1.29, 1.82) is 5.26 Å². The van der Waals surface area contributed by atoms with Crippen molar-refractivity contribution < 1.29 is 0 Å². The Kier molecular flexibility index (Phi) is 1.64. The molecule has 4 nitrogen and oxygen atoms in total. The fraction of sp³-hybridized carbons (Fsp3) is 0.111. The molecule has 0 aliphatic rings. The van der Waals surface area contributed by atoms with Gasteiger partial charge >= 0.3 is 0 Å². The predicted molar refractivity (Wildman–Crippen MR) is 49.5 cm³/mol. The van der Waals surface area contributed by atoms with Crippen molar-refractivity contribution in [1.82, 2.24) is 9.38 Å². The minimum atomic E-state index is 0.632. The van der Waals surface area contributed by atoms with Gasteiger partial charge in [0.1, 0.15) is 17.5 Å². The number of rotatable bonds is 1. The molecule has 0 saturated carbocycles. The molecule has 0 unspecified atom stereocenters. The Morgan fingerprint density at radius 2 is 2.31 bits per heavy atom. The van der Waals surface area contributed by atoms with Gasteiger partial charge in [0.05, 0.1) is 11.8 Å². The summed E-state index contributed by atoms with van der Waals surface area (Å²) in [5, 5.41) is 11.6. The second-order valence-corrected chi connectivity index (χ2v) is 2.67. The van der Waals surface area contributed by atoms with Crippen LogP contribution in [0.4, 0.5) is 5.82 Å². The zero-order chi connectivity index (χ0) is 9.26. The minimum absolute atomic E-state index is 0.632. The number of nitrogens with one attached hydrogen (secondary N) is 1. The van der Waals surface area contributed by atoms with Crippen molar-refractivity contribution in [2.75, 3.05) is 12.4 Å². The number of anilines is 1. The molecule has 2 rings (SSSR count). The lowest BCUT2D eigenvalue weighted by molar-refractivity contribution is 1.17. The second-order valence-electron chi connectivity index (χ2n) is 2.67. The summed E-state index contributed by atoms with van der Waals surface area (Å²) in [5.74, 6) is 0.801. The Labute approximate surface area is 75.4 Å². The van der Waals surface area contributed by atoms with E-state index in [4.69, 9.17) is 5.26 Å². The molecule has 2 heterocycles. The quantitative estimate of drug-likeness (QED) is 0.704. The Morgan fingerprint density at radius 3 is 3.00 bits per heavy atom. The van der Waals surface area contributed by atoms with E-state index in [2.05, 4.69) is 16.4 Å². The number of fused-ring (bicyclic) bond motifs is 1. The van der Waals surface area contributed by atoms with E-state index in [1.54, 1.807) is 12.3 Å². The molecule has 2 aromatic heterocycles. The van der Waals surface area contributed by atoms with Crippen LogP contribution in [0.5, 0.6) is 0 Å². The van der Waals surface area contributed by atoms with Crippen LogP contribution in [0.3, 0.4) is 0 Å². The molecule has 0 aliphatic carbocycles. The van der Waals surface area contributed by atoms with Gasteiger partial charge in [0.25, 0.3) is 0 Å². The summed E-state index contributed by atoms with van der Waals surface area (Å²) >= 11 is 0. The summed E-state index contributed by atoms with van der Waals surface area (Å²) in [4.78, 5) is 4.25. The minimum Gasteiger partial charge on any atom is -0.372 e. The molecule has 0 aliphatic heterocycles. The van der Waals surface area contributed by atoms with Crippen LogP contribution in [0.2, 0.25) is 0 Å². The fourth-order valence-corrected chi connectivity index (χ4v) is 1.18. The Morgan fingerprint density at radius 1 is 1.46 bits per heavy atom. The highest BCUT2D eigenvalue weighted by molar-refractivity contribution is 5.50. The summed E-state index contributed by atoms with van der Waals surface area (Å²) in [6, 6.07) is 5.65. The van der Waals surface area contributed by atoms with Crippen LogP contribution >= 0.6 is 0 Å². The summed E-state index contributed by atoms with van der Waals surface area (Å²) < 4.78 is 1.82. The highest BCUT2D eigenvalue weighted by atomic mass is 15.1. The second kappa shape index (κ2) is 2.79. The van der Waals surface area contributed by atoms with Crippen molar-refractivity contribution >= 4 is 11.5 Å². The first-order valence-corrected chi connectivity index (χ1v) is 3.90. The first-order valence-electron chi connectivity index (χ1n) is 3.90. The molecule has 0 aromatic carbocycles. The molecule has 0 fully saturated rings. The SMILES string of the molecule is CNc1cn2cc(C#N)ccc2n1. The molecule has 64 valence electrons. The van der Waals surface area contributed by atoms with Gasteiger partial charge in [-0.15, -0.1) is 0 Å². The lowest BCUT2D eigenvalue weighted by Gasteiger charge is -1.91. The van der Waals surface area contributed by atoms with Crippen LogP contribution in [0, 0.1) is 11.3 Å². The molecule has 0 amide bonds. The third kappa shape index (κ3) is 1.20. The molecule has 13 heavy (non-hydrogen) atoms. The van der Waals surface area contributed by atoms with E-state index >= 15 is 0 Å². The number of imidazole rings is 1. The summed E-state index contributed by atoms with van der Waals surface area (Å²) in [6.07, 6.45) is 3.60. The Bertz CT molecular complexity index is 478. The average Bonchev–Trinajstić information content (AvgIpc) is 2.58. The smallest absolute Gasteiger partial charge is 0.145 e. The van der Waals surface area contributed by atoms with E-state index < -0.39 is 0 Å². The molecule has 0 atom stereocenters. The Balaban J connectivity index is 2.65. The molecule has 0 bridgehead atoms. The van der Waals surface area contributed by atoms with E-state index in [1.807, 2.05) is 23.7 Å². The third-order valence-corrected chi connectivity index (χ3v) is 1.84. The van der Waals surface area contributed by atoms with Gasteiger partial charge in [0, 0.05) is 13.2 Å². The lowest BCUT2D eigenvalue weighted by atomic mass is 10.3. The van der Waals surface area contributed by atoms with Crippen LogP contribution in [0.25, 0.3) is 5.65 Å². The van der Waals surface area contributed by atoms with Gasteiger partial charge in [-0.1, -0.05) is 0 Å². The zero-order valence-corrected chi connectivity index (χ0v) is 7.15. The number of nitriles is 1. The maximum atomic E-state index is 8.66. The topological polar surface area (TPSA) is 53.1 Å². The third-order valence-electron chi connectivity index (χ3n) is 1.84. The highest BCUT2D eigenvalue weighted by Crippen LogP contribution is 2.09. The zero-order valence-electron chi connectivity index (χ0n) is 7.15. The van der Waals surface area contributed by atoms with Gasteiger partial charge in [-0.2, -0.15) is 5.26 Å². The normalized spacial score (nSPS) is 9.85. The van der Waals surface area contributed by atoms with E-state index in [0.29, 0.717) is 5.56 Å². The highest BCUT2D eigenvalue weighted by Gasteiger charge is 1.99. The van der Waals surface area contributed by atoms with Crippen molar-refractivity contribution in [3.8, 4) is 6.07 Å². The van der Waals surface area contributed by atoms with Gasteiger partial charge in [-0.25, -0.2) is 4.98 Å². The molecule has 0 saturated heterocycles. The fourth-order valence-electron chi connectivity index (χ4n) is 1.18.